The summed E-state index contributed by atoms with van der Waals surface area (Å²) in [7, 11) is 0. The molecule has 0 radical (unpaired) electrons. The van der Waals surface area contributed by atoms with Crippen molar-refractivity contribution in [2.24, 2.45) is 11.7 Å². The van der Waals surface area contributed by atoms with Crippen LogP contribution in [-0.4, -0.2) is 35.0 Å². The van der Waals surface area contributed by atoms with Crippen molar-refractivity contribution in [1.82, 2.24) is 4.90 Å². The molecule has 1 aliphatic heterocycles. The molecule has 0 aromatic heterocycles. The number of hydrogen-bond donors (Lipinski definition) is 2. The molecule has 0 spiro atoms. The predicted octanol–water partition coefficient (Wildman–Crippen LogP) is 1.01. The first-order chi connectivity index (χ1) is 9.61. The minimum absolute atomic E-state index is 0.0168. The summed E-state index contributed by atoms with van der Waals surface area (Å²) in [5, 5.41) is 9.06. The third kappa shape index (κ3) is 3.36. The molecule has 0 saturated carbocycles. The first-order valence-electron chi connectivity index (χ1n) is 6.89. The highest BCUT2D eigenvalue weighted by Gasteiger charge is 2.28. The molecule has 1 saturated heterocycles. The molecule has 0 aliphatic carbocycles. The van der Waals surface area contributed by atoms with Gasteiger partial charge in [0.1, 0.15) is 0 Å². The smallest absolute Gasteiger partial charge is 0.308 e. The van der Waals surface area contributed by atoms with Crippen LogP contribution in [0.2, 0.25) is 0 Å². The van der Waals surface area contributed by atoms with Crippen molar-refractivity contribution in [2.45, 2.75) is 25.8 Å². The standard InChI is InChI=1S/C15H20N2O3/c16-9-12-5-2-1-4-11(12)8-14(18)17-7-3-6-13(10-17)15(19)20/h1-2,4-5,13H,3,6-10,16H2,(H,19,20). The Labute approximate surface area is 118 Å². The number of piperidine rings is 1. The van der Waals surface area contributed by atoms with Crippen molar-refractivity contribution in [2.75, 3.05) is 13.1 Å². The van der Waals surface area contributed by atoms with Crippen LogP contribution in [0.1, 0.15) is 24.0 Å². The van der Waals surface area contributed by atoms with E-state index in [-0.39, 0.29) is 5.91 Å². The number of likely N-dealkylation sites (tertiary alicyclic amines) is 1. The molecule has 108 valence electrons. The van der Waals surface area contributed by atoms with Gasteiger partial charge < -0.3 is 15.7 Å². The third-order valence-corrected chi connectivity index (χ3v) is 3.80. The van der Waals surface area contributed by atoms with E-state index >= 15 is 0 Å². The zero-order chi connectivity index (χ0) is 14.5. The number of benzene rings is 1. The van der Waals surface area contributed by atoms with Crippen molar-refractivity contribution >= 4 is 11.9 Å². The van der Waals surface area contributed by atoms with E-state index in [9.17, 15) is 9.59 Å². The first kappa shape index (κ1) is 14.5. The molecular weight excluding hydrogens is 256 g/mol. The second-order valence-corrected chi connectivity index (χ2v) is 5.17. The maximum absolute atomic E-state index is 12.3. The quantitative estimate of drug-likeness (QED) is 0.859. The predicted molar refractivity (Wildman–Crippen MR) is 75.0 cm³/mol. The van der Waals surface area contributed by atoms with Gasteiger partial charge in [-0.1, -0.05) is 24.3 Å². The monoisotopic (exact) mass is 276 g/mol. The number of hydrogen-bond acceptors (Lipinski definition) is 3. The van der Waals surface area contributed by atoms with Gasteiger partial charge in [-0.05, 0) is 24.0 Å². The molecule has 1 fully saturated rings. The highest BCUT2D eigenvalue weighted by molar-refractivity contribution is 5.80. The summed E-state index contributed by atoms with van der Waals surface area (Å²) >= 11 is 0. The van der Waals surface area contributed by atoms with E-state index in [4.69, 9.17) is 10.8 Å². The number of rotatable bonds is 4. The third-order valence-electron chi connectivity index (χ3n) is 3.80. The van der Waals surface area contributed by atoms with Gasteiger partial charge in [0.15, 0.2) is 0 Å². The van der Waals surface area contributed by atoms with Crippen LogP contribution in [0.15, 0.2) is 24.3 Å². The van der Waals surface area contributed by atoms with Crippen LogP contribution in [0.5, 0.6) is 0 Å². The zero-order valence-electron chi connectivity index (χ0n) is 11.4. The molecular formula is C15H20N2O3. The topological polar surface area (TPSA) is 83.6 Å². The molecule has 20 heavy (non-hydrogen) atoms. The van der Waals surface area contributed by atoms with E-state index in [1.165, 1.54) is 0 Å². The molecule has 3 N–H and O–H groups in total. The summed E-state index contributed by atoms with van der Waals surface area (Å²) in [5.41, 5.74) is 7.56. The van der Waals surface area contributed by atoms with Crippen LogP contribution < -0.4 is 5.73 Å². The molecule has 1 atom stereocenters. The Kier molecular flexibility index (Phi) is 4.74. The lowest BCUT2D eigenvalue weighted by molar-refractivity contribution is -0.145. The molecule has 1 aromatic rings. The molecule has 1 amide bonds. The van der Waals surface area contributed by atoms with Crippen LogP contribution in [0.4, 0.5) is 0 Å². The number of amides is 1. The van der Waals surface area contributed by atoms with Crippen LogP contribution in [0, 0.1) is 5.92 Å². The van der Waals surface area contributed by atoms with Crippen LogP contribution in [0.3, 0.4) is 0 Å². The second kappa shape index (κ2) is 6.52. The fourth-order valence-corrected chi connectivity index (χ4v) is 2.61. The molecule has 1 aliphatic rings. The van der Waals surface area contributed by atoms with Crippen LogP contribution in [0.25, 0.3) is 0 Å². The second-order valence-electron chi connectivity index (χ2n) is 5.17. The van der Waals surface area contributed by atoms with Gasteiger partial charge in [-0.15, -0.1) is 0 Å². The van der Waals surface area contributed by atoms with E-state index in [1.807, 2.05) is 24.3 Å². The number of carbonyl (C=O) groups excluding carboxylic acids is 1. The lowest BCUT2D eigenvalue weighted by Crippen LogP contribution is -2.43. The largest absolute Gasteiger partial charge is 0.481 e. The number of carbonyl (C=O) groups is 2. The van der Waals surface area contributed by atoms with Gasteiger partial charge in [-0.2, -0.15) is 0 Å². The normalized spacial score (nSPS) is 18.9. The molecule has 2 rings (SSSR count). The molecule has 0 bridgehead atoms. The number of nitrogens with zero attached hydrogens (tertiary/aromatic N) is 1. The van der Waals surface area contributed by atoms with Crippen molar-refractivity contribution in [3.8, 4) is 0 Å². The average Bonchev–Trinajstić information content (AvgIpc) is 2.48. The van der Waals surface area contributed by atoms with Gasteiger partial charge in [0.2, 0.25) is 5.91 Å². The Balaban J connectivity index is 2.02. The van der Waals surface area contributed by atoms with Crippen molar-refractivity contribution in [3.63, 3.8) is 0 Å². The van der Waals surface area contributed by atoms with E-state index < -0.39 is 11.9 Å². The van der Waals surface area contributed by atoms with E-state index in [0.717, 1.165) is 17.5 Å². The molecule has 1 heterocycles. The van der Waals surface area contributed by atoms with Crippen molar-refractivity contribution in [1.29, 1.82) is 0 Å². The summed E-state index contributed by atoms with van der Waals surface area (Å²) in [6.07, 6.45) is 1.69. The van der Waals surface area contributed by atoms with Gasteiger partial charge in [0, 0.05) is 19.6 Å². The fourth-order valence-electron chi connectivity index (χ4n) is 2.61. The Morgan fingerprint density at radius 2 is 2.00 bits per heavy atom. The van der Waals surface area contributed by atoms with Gasteiger partial charge in [0.05, 0.1) is 12.3 Å². The summed E-state index contributed by atoms with van der Waals surface area (Å²) in [6.45, 7) is 1.37. The highest BCUT2D eigenvalue weighted by atomic mass is 16.4. The van der Waals surface area contributed by atoms with Crippen molar-refractivity contribution in [3.05, 3.63) is 35.4 Å². The maximum atomic E-state index is 12.3. The Morgan fingerprint density at radius 3 is 2.65 bits per heavy atom. The van der Waals surface area contributed by atoms with Gasteiger partial charge in [-0.25, -0.2) is 0 Å². The summed E-state index contributed by atoms with van der Waals surface area (Å²) < 4.78 is 0. The van der Waals surface area contributed by atoms with Gasteiger partial charge >= 0.3 is 5.97 Å². The van der Waals surface area contributed by atoms with E-state index in [2.05, 4.69) is 0 Å². The average molecular weight is 276 g/mol. The number of nitrogens with two attached hydrogens (primary N) is 1. The maximum Gasteiger partial charge on any atom is 0.308 e. The number of carboxylic acids is 1. The van der Waals surface area contributed by atoms with Crippen LogP contribution in [-0.2, 0) is 22.6 Å². The highest BCUT2D eigenvalue weighted by Crippen LogP contribution is 2.18. The van der Waals surface area contributed by atoms with E-state index in [0.29, 0.717) is 32.5 Å². The molecule has 1 unspecified atom stereocenters. The molecule has 5 nitrogen and oxygen atoms in total. The lowest BCUT2D eigenvalue weighted by atomic mass is 9.97. The Bertz CT molecular complexity index is 502. The Hall–Kier alpha value is -1.88. The number of aliphatic carboxylic acids is 1. The van der Waals surface area contributed by atoms with Gasteiger partial charge in [-0.3, -0.25) is 9.59 Å². The summed E-state index contributed by atoms with van der Waals surface area (Å²) in [4.78, 5) is 25.0. The lowest BCUT2D eigenvalue weighted by Gasteiger charge is -2.31. The first-order valence-corrected chi connectivity index (χ1v) is 6.89. The summed E-state index contributed by atoms with van der Waals surface area (Å²) in [5.74, 6) is -1.26. The number of carboxylic acid groups (broad SMARTS) is 1. The Morgan fingerprint density at radius 1 is 1.30 bits per heavy atom. The zero-order valence-corrected chi connectivity index (χ0v) is 11.4. The van der Waals surface area contributed by atoms with Crippen LogP contribution >= 0.6 is 0 Å². The SMILES string of the molecule is NCc1ccccc1CC(=O)N1CCCC(C(=O)O)C1. The minimum Gasteiger partial charge on any atom is -0.481 e. The molecule has 5 heteroatoms. The van der Waals surface area contributed by atoms with Gasteiger partial charge in [0.25, 0.3) is 0 Å². The minimum atomic E-state index is -0.815. The van der Waals surface area contributed by atoms with E-state index in [1.54, 1.807) is 4.90 Å². The fraction of sp³-hybridized carbons (Fsp3) is 0.467. The van der Waals surface area contributed by atoms with Crippen molar-refractivity contribution < 1.29 is 14.7 Å². The summed E-state index contributed by atoms with van der Waals surface area (Å²) in [6, 6.07) is 7.60. The molecule has 1 aromatic carbocycles.